The number of hydrogen-bond acceptors (Lipinski definition) is 5. The maximum absolute atomic E-state index is 13.4. The maximum atomic E-state index is 13.4. The highest BCUT2D eigenvalue weighted by Crippen LogP contribution is 2.26. The van der Waals surface area contributed by atoms with E-state index in [1.54, 1.807) is 6.07 Å². The number of anilines is 1. The Kier molecular flexibility index (Phi) is 3.72. The smallest absolute Gasteiger partial charge is 0.306 e. The fraction of sp³-hybridized carbons (Fsp3) is 0.455. The molecule has 1 heterocycles. The molecule has 1 fully saturated rings. The molecule has 0 aliphatic carbocycles. The van der Waals surface area contributed by atoms with Gasteiger partial charge in [0, 0.05) is 24.8 Å². The first-order chi connectivity index (χ1) is 8.46. The van der Waals surface area contributed by atoms with Crippen molar-refractivity contribution in [2.24, 2.45) is 0 Å². The van der Waals surface area contributed by atoms with Crippen molar-refractivity contribution in [3.8, 4) is 5.75 Å². The lowest BCUT2D eigenvalue weighted by Crippen LogP contribution is -2.36. The van der Waals surface area contributed by atoms with Crippen molar-refractivity contribution in [1.29, 1.82) is 0 Å². The van der Waals surface area contributed by atoms with Crippen LogP contribution in [0.3, 0.4) is 0 Å². The van der Waals surface area contributed by atoms with Gasteiger partial charge in [-0.1, -0.05) is 0 Å². The highest BCUT2D eigenvalue weighted by Gasteiger charge is 2.15. The Morgan fingerprint density at radius 1 is 1.33 bits per heavy atom. The third-order valence-electron chi connectivity index (χ3n) is 2.53. The SMILES string of the molecule is CS(=O)(=O)Oc1cc(N2CCOCC2)ccc1F. The molecule has 100 valence electrons. The number of rotatable bonds is 3. The second-order valence-electron chi connectivity index (χ2n) is 4.00. The van der Waals surface area contributed by atoms with E-state index in [4.69, 9.17) is 4.74 Å². The molecule has 0 spiro atoms. The van der Waals surface area contributed by atoms with Gasteiger partial charge in [0.2, 0.25) is 0 Å². The Bertz CT molecular complexity index is 526. The highest BCUT2D eigenvalue weighted by molar-refractivity contribution is 7.86. The lowest BCUT2D eigenvalue weighted by Gasteiger charge is -2.29. The number of halogens is 1. The zero-order chi connectivity index (χ0) is 13.2. The fourth-order valence-corrected chi connectivity index (χ4v) is 2.19. The molecular weight excluding hydrogens is 261 g/mol. The van der Waals surface area contributed by atoms with E-state index in [1.165, 1.54) is 12.1 Å². The van der Waals surface area contributed by atoms with Gasteiger partial charge in [-0.15, -0.1) is 0 Å². The van der Waals surface area contributed by atoms with E-state index >= 15 is 0 Å². The van der Waals surface area contributed by atoms with E-state index in [0.717, 1.165) is 11.9 Å². The average molecular weight is 275 g/mol. The van der Waals surface area contributed by atoms with Crippen LogP contribution < -0.4 is 9.08 Å². The lowest BCUT2D eigenvalue weighted by molar-refractivity contribution is 0.122. The predicted octanol–water partition coefficient (Wildman–Crippen LogP) is 1.00. The molecule has 0 radical (unpaired) electrons. The summed E-state index contributed by atoms with van der Waals surface area (Å²) in [4.78, 5) is 1.98. The van der Waals surface area contributed by atoms with E-state index in [1.807, 2.05) is 4.90 Å². The number of hydrogen-bond donors (Lipinski definition) is 0. The predicted molar refractivity (Wildman–Crippen MR) is 64.9 cm³/mol. The molecule has 1 aliphatic rings. The van der Waals surface area contributed by atoms with E-state index < -0.39 is 15.9 Å². The molecule has 1 aliphatic heterocycles. The summed E-state index contributed by atoms with van der Waals surface area (Å²) < 4.78 is 45.3. The average Bonchev–Trinajstić information content (AvgIpc) is 2.31. The molecule has 5 nitrogen and oxygen atoms in total. The largest absolute Gasteiger partial charge is 0.379 e. The molecule has 0 unspecified atom stereocenters. The summed E-state index contributed by atoms with van der Waals surface area (Å²) >= 11 is 0. The molecule has 0 N–H and O–H groups in total. The van der Waals surface area contributed by atoms with E-state index in [9.17, 15) is 12.8 Å². The first-order valence-electron chi connectivity index (χ1n) is 5.47. The summed E-state index contributed by atoms with van der Waals surface area (Å²) in [6, 6.07) is 4.18. The van der Waals surface area contributed by atoms with E-state index in [2.05, 4.69) is 4.18 Å². The van der Waals surface area contributed by atoms with Crippen molar-refractivity contribution in [1.82, 2.24) is 0 Å². The number of morpholine rings is 1. The van der Waals surface area contributed by atoms with Gasteiger partial charge in [-0.05, 0) is 12.1 Å². The standard InChI is InChI=1S/C11H14FNO4S/c1-18(14,15)17-11-8-9(2-3-10(11)12)13-4-6-16-7-5-13/h2-3,8H,4-7H2,1H3. The zero-order valence-electron chi connectivity index (χ0n) is 9.93. The molecule has 7 heteroatoms. The minimum atomic E-state index is -3.73. The van der Waals surface area contributed by atoms with Crippen molar-refractivity contribution in [3.63, 3.8) is 0 Å². The van der Waals surface area contributed by atoms with Crippen molar-refractivity contribution < 1.29 is 21.7 Å². The lowest BCUT2D eigenvalue weighted by atomic mass is 10.2. The van der Waals surface area contributed by atoms with Crippen LogP contribution in [0, 0.1) is 5.82 Å². The summed E-state index contributed by atoms with van der Waals surface area (Å²) in [6.07, 6.45) is 0.883. The summed E-state index contributed by atoms with van der Waals surface area (Å²) in [6.45, 7) is 2.56. The monoisotopic (exact) mass is 275 g/mol. The van der Waals surface area contributed by atoms with Gasteiger partial charge in [0.1, 0.15) is 0 Å². The molecule has 18 heavy (non-hydrogen) atoms. The molecule has 2 rings (SSSR count). The van der Waals surface area contributed by atoms with Crippen molar-refractivity contribution >= 4 is 15.8 Å². The third-order valence-corrected chi connectivity index (χ3v) is 3.01. The first kappa shape index (κ1) is 13.1. The minimum absolute atomic E-state index is 0.276. The summed E-state index contributed by atoms with van der Waals surface area (Å²) in [5.74, 6) is -0.973. The third kappa shape index (κ3) is 3.33. The molecular formula is C11H14FNO4S. The van der Waals surface area contributed by atoms with Crippen LogP contribution >= 0.6 is 0 Å². The van der Waals surface area contributed by atoms with E-state index in [-0.39, 0.29) is 5.75 Å². The Labute approximate surface area is 105 Å². The molecule has 0 saturated carbocycles. The van der Waals surface area contributed by atoms with E-state index in [0.29, 0.717) is 26.3 Å². The molecule has 0 aromatic heterocycles. The zero-order valence-corrected chi connectivity index (χ0v) is 10.7. The van der Waals surface area contributed by atoms with Gasteiger partial charge in [0.05, 0.1) is 19.5 Å². The highest BCUT2D eigenvalue weighted by atomic mass is 32.2. The maximum Gasteiger partial charge on any atom is 0.306 e. The van der Waals surface area contributed by atoms with Crippen LogP contribution in [-0.2, 0) is 14.9 Å². The number of nitrogens with zero attached hydrogens (tertiary/aromatic N) is 1. The fourth-order valence-electron chi connectivity index (χ4n) is 1.74. The topological polar surface area (TPSA) is 55.8 Å². The Balaban J connectivity index is 2.25. The van der Waals surface area contributed by atoms with Crippen LogP contribution in [0.1, 0.15) is 0 Å². The van der Waals surface area contributed by atoms with Gasteiger partial charge in [-0.3, -0.25) is 0 Å². The Morgan fingerprint density at radius 2 is 2.00 bits per heavy atom. The summed E-state index contributed by atoms with van der Waals surface area (Å²) in [7, 11) is -3.73. The van der Waals surface area contributed by atoms with Gasteiger partial charge >= 0.3 is 10.1 Å². The normalized spacial score (nSPS) is 16.7. The molecule has 1 aromatic carbocycles. The molecule has 0 amide bonds. The van der Waals surface area contributed by atoms with Crippen molar-refractivity contribution in [2.45, 2.75) is 0 Å². The van der Waals surface area contributed by atoms with Gasteiger partial charge in [-0.25, -0.2) is 4.39 Å². The second-order valence-corrected chi connectivity index (χ2v) is 5.58. The Morgan fingerprint density at radius 3 is 2.61 bits per heavy atom. The van der Waals surface area contributed by atoms with Crippen molar-refractivity contribution in [2.75, 3.05) is 37.5 Å². The Hall–Kier alpha value is -1.34. The molecule has 0 atom stereocenters. The quantitative estimate of drug-likeness (QED) is 0.770. The molecule has 1 saturated heterocycles. The van der Waals surface area contributed by atoms with Gasteiger partial charge in [0.15, 0.2) is 11.6 Å². The molecule has 0 bridgehead atoms. The van der Waals surface area contributed by atoms with Crippen LogP contribution in [0.4, 0.5) is 10.1 Å². The second kappa shape index (κ2) is 5.11. The molecule has 1 aromatic rings. The van der Waals surface area contributed by atoms with Crippen molar-refractivity contribution in [3.05, 3.63) is 24.0 Å². The van der Waals surface area contributed by atoms with Crippen LogP contribution in [0.2, 0.25) is 0 Å². The van der Waals surface area contributed by atoms with Crippen LogP contribution in [-0.4, -0.2) is 41.0 Å². The summed E-state index contributed by atoms with van der Waals surface area (Å²) in [5, 5.41) is 0. The van der Waals surface area contributed by atoms with Crippen LogP contribution in [0.25, 0.3) is 0 Å². The first-order valence-corrected chi connectivity index (χ1v) is 7.29. The van der Waals surface area contributed by atoms with Crippen LogP contribution in [0.15, 0.2) is 18.2 Å². The van der Waals surface area contributed by atoms with Gasteiger partial charge in [0.25, 0.3) is 0 Å². The minimum Gasteiger partial charge on any atom is -0.379 e. The van der Waals surface area contributed by atoms with Gasteiger partial charge < -0.3 is 13.8 Å². The number of ether oxygens (including phenoxy) is 1. The number of benzene rings is 1. The summed E-state index contributed by atoms with van der Waals surface area (Å²) in [5.41, 5.74) is 0.721. The van der Waals surface area contributed by atoms with Gasteiger partial charge in [-0.2, -0.15) is 8.42 Å². The van der Waals surface area contributed by atoms with Crippen LogP contribution in [0.5, 0.6) is 5.75 Å².